The Morgan fingerprint density at radius 2 is 1.78 bits per heavy atom. The van der Waals surface area contributed by atoms with Gasteiger partial charge >= 0.3 is 0 Å². The maximum Gasteiger partial charge on any atom is 0.253 e. The van der Waals surface area contributed by atoms with E-state index in [1.807, 2.05) is 30.0 Å². The number of nitrogens with two attached hydrogens (primary N) is 1. The zero-order chi connectivity index (χ0) is 19.4. The van der Waals surface area contributed by atoms with E-state index in [1.54, 1.807) is 36.2 Å². The minimum Gasteiger partial charge on any atom is -0.342 e. The highest BCUT2D eigenvalue weighted by Crippen LogP contribution is 2.32. The SMILES string of the molecule is CCN(C)C(=O)c1cccc(C(=O)N2C[C@@H](CN)[C@H](c3ccccc3)C2)c1. The number of nitrogens with zero attached hydrogens (tertiary/aromatic N) is 2. The van der Waals surface area contributed by atoms with Crippen LogP contribution in [0.4, 0.5) is 0 Å². The molecule has 5 nitrogen and oxygen atoms in total. The molecular formula is C22H27N3O2. The first-order valence-electron chi connectivity index (χ1n) is 9.45. The molecule has 142 valence electrons. The Balaban J connectivity index is 1.79. The minimum absolute atomic E-state index is 0.0410. The number of hydrogen-bond acceptors (Lipinski definition) is 3. The third-order valence-corrected chi connectivity index (χ3v) is 5.44. The Kier molecular flexibility index (Phi) is 5.91. The van der Waals surface area contributed by atoms with E-state index in [0.717, 1.165) is 0 Å². The molecule has 0 aromatic heterocycles. The van der Waals surface area contributed by atoms with E-state index >= 15 is 0 Å². The van der Waals surface area contributed by atoms with E-state index in [0.29, 0.717) is 37.3 Å². The van der Waals surface area contributed by atoms with E-state index in [4.69, 9.17) is 5.73 Å². The van der Waals surface area contributed by atoms with Crippen molar-refractivity contribution in [2.75, 3.05) is 33.2 Å². The summed E-state index contributed by atoms with van der Waals surface area (Å²) in [5.41, 5.74) is 8.30. The Labute approximate surface area is 160 Å². The summed E-state index contributed by atoms with van der Waals surface area (Å²) in [4.78, 5) is 28.9. The lowest BCUT2D eigenvalue weighted by molar-refractivity contribution is 0.0786. The molecule has 1 heterocycles. The molecule has 0 radical (unpaired) electrons. The Bertz CT molecular complexity index is 806. The van der Waals surface area contributed by atoms with E-state index in [2.05, 4.69) is 12.1 Å². The molecular weight excluding hydrogens is 338 g/mol. The van der Waals surface area contributed by atoms with Gasteiger partial charge in [-0.05, 0) is 43.1 Å². The van der Waals surface area contributed by atoms with Crippen molar-refractivity contribution >= 4 is 11.8 Å². The topological polar surface area (TPSA) is 66.6 Å². The first kappa shape index (κ1) is 19.1. The standard InChI is InChI=1S/C22H27N3O2/c1-3-24(2)21(26)17-10-7-11-18(12-17)22(27)25-14-19(13-23)20(15-25)16-8-5-4-6-9-16/h4-12,19-20H,3,13-15,23H2,1-2H3/t19-,20+/m1/s1. The predicted octanol–water partition coefficient (Wildman–Crippen LogP) is 2.59. The van der Waals surface area contributed by atoms with Gasteiger partial charge in [-0.15, -0.1) is 0 Å². The van der Waals surface area contributed by atoms with E-state index in [9.17, 15) is 9.59 Å². The van der Waals surface area contributed by atoms with Crippen LogP contribution < -0.4 is 5.73 Å². The summed E-state index contributed by atoms with van der Waals surface area (Å²) in [7, 11) is 1.76. The lowest BCUT2D eigenvalue weighted by atomic mass is 9.89. The highest BCUT2D eigenvalue weighted by Gasteiger charge is 2.35. The van der Waals surface area contributed by atoms with Gasteiger partial charge in [0.1, 0.15) is 0 Å². The van der Waals surface area contributed by atoms with Crippen molar-refractivity contribution < 1.29 is 9.59 Å². The van der Waals surface area contributed by atoms with Gasteiger partial charge in [-0.3, -0.25) is 9.59 Å². The van der Waals surface area contributed by atoms with Crippen LogP contribution in [-0.4, -0.2) is 54.8 Å². The van der Waals surface area contributed by atoms with Crippen molar-refractivity contribution in [3.8, 4) is 0 Å². The second kappa shape index (κ2) is 8.35. The summed E-state index contributed by atoms with van der Waals surface area (Å²) in [6.07, 6.45) is 0. The van der Waals surface area contributed by atoms with Crippen LogP contribution in [0.3, 0.4) is 0 Å². The van der Waals surface area contributed by atoms with Crippen molar-refractivity contribution in [3.05, 3.63) is 71.3 Å². The maximum atomic E-state index is 13.1. The minimum atomic E-state index is -0.0735. The van der Waals surface area contributed by atoms with Crippen molar-refractivity contribution in [1.82, 2.24) is 9.80 Å². The highest BCUT2D eigenvalue weighted by atomic mass is 16.2. The Morgan fingerprint density at radius 3 is 2.44 bits per heavy atom. The highest BCUT2D eigenvalue weighted by molar-refractivity contribution is 5.99. The second-order valence-electron chi connectivity index (χ2n) is 7.12. The van der Waals surface area contributed by atoms with Gasteiger partial charge in [0.15, 0.2) is 0 Å². The normalized spacial score (nSPS) is 19.1. The van der Waals surface area contributed by atoms with Crippen molar-refractivity contribution in [2.45, 2.75) is 12.8 Å². The average molecular weight is 365 g/mol. The van der Waals surface area contributed by atoms with Gasteiger partial charge < -0.3 is 15.5 Å². The Hall–Kier alpha value is -2.66. The lowest BCUT2D eigenvalue weighted by Crippen LogP contribution is -2.30. The van der Waals surface area contributed by atoms with E-state index in [1.165, 1.54) is 5.56 Å². The molecule has 2 N–H and O–H groups in total. The molecule has 1 fully saturated rings. The smallest absolute Gasteiger partial charge is 0.253 e. The number of hydrogen-bond donors (Lipinski definition) is 1. The molecule has 3 rings (SSSR count). The molecule has 27 heavy (non-hydrogen) atoms. The van der Waals surface area contributed by atoms with Gasteiger partial charge in [-0.2, -0.15) is 0 Å². The van der Waals surface area contributed by atoms with Gasteiger partial charge in [0.2, 0.25) is 0 Å². The predicted molar refractivity (Wildman–Crippen MR) is 107 cm³/mol. The van der Waals surface area contributed by atoms with E-state index in [-0.39, 0.29) is 23.7 Å². The fourth-order valence-corrected chi connectivity index (χ4v) is 3.69. The third kappa shape index (κ3) is 4.03. The average Bonchev–Trinajstić information content (AvgIpc) is 3.17. The van der Waals surface area contributed by atoms with Gasteiger partial charge in [-0.1, -0.05) is 36.4 Å². The van der Waals surface area contributed by atoms with Gasteiger partial charge in [0, 0.05) is 43.7 Å². The molecule has 0 bridgehead atoms. The number of likely N-dealkylation sites (tertiary alicyclic amines) is 1. The first-order chi connectivity index (χ1) is 13.0. The summed E-state index contributed by atoms with van der Waals surface area (Å²) in [6, 6.07) is 17.2. The van der Waals surface area contributed by atoms with Gasteiger partial charge in [-0.25, -0.2) is 0 Å². The molecule has 0 aliphatic carbocycles. The molecule has 2 atom stereocenters. The molecule has 0 unspecified atom stereocenters. The number of benzene rings is 2. The zero-order valence-electron chi connectivity index (χ0n) is 16.0. The molecule has 2 aromatic rings. The number of amides is 2. The first-order valence-corrected chi connectivity index (χ1v) is 9.45. The number of carbonyl (C=O) groups is 2. The number of carbonyl (C=O) groups excluding carboxylic acids is 2. The molecule has 2 aromatic carbocycles. The molecule has 5 heteroatoms. The van der Waals surface area contributed by atoms with Crippen LogP contribution in [0.5, 0.6) is 0 Å². The zero-order valence-corrected chi connectivity index (χ0v) is 16.0. The summed E-state index contributed by atoms with van der Waals surface area (Å²) < 4.78 is 0. The van der Waals surface area contributed by atoms with Gasteiger partial charge in [0.05, 0.1) is 0 Å². The van der Waals surface area contributed by atoms with Crippen LogP contribution in [-0.2, 0) is 0 Å². The fourth-order valence-electron chi connectivity index (χ4n) is 3.69. The summed E-state index contributed by atoms with van der Waals surface area (Å²) in [5.74, 6) is 0.375. The molecule has 0 spiro atoms. The van der Waals surface area contributed by atoms with Crippen molar-refractivity contribution in [1.29, 1.82) is 0 Å². The molecule has 1 saturated heterocycles. The molecule has 2 amide bonds. The van der Waals surface area contributed by atoms with Crippen molar-refractivity contribution in [3.63, 3.8) is 0 Å². The van der Waals surface area contributed by atoms with Crippen LogP contribution in [0.25, 0.3) is 0 Å². The van der Waals surface area contributed by atoms with E-state index < -0.39 is 0 Å². The van der Waals surface area contributed by atoms with Crippen LogP contribution in [0.15, 0.2) is 54.6 Å². The lowest BCUT2D eigenvalue weighted by Gasteiger charge is -2.18. The summed E-state index contributed by atoms with van der Waals surface area (Å²) >= 11 is 0. The molecule has 1 aliphatic rings. The quantitative estimate of drug-likeness (QED) is 0.886. The molecule has 1 aliphatic heterocycles. The van der Waals surface area contributed by atoms with Gasteiger partial charge in [0.25, 0.3) is 11.8 Å². The van der Waals surface area contributed by atoms with Crippen LogP contribution >= 0.6 is 0 Å². The van der Waals surface area contributed by atoms with Crippen LogP contribution in [0.2, 0.25) is 0 Å². The monoisotopic (exact) mass is 365 g/mol. The summed E-state index contributed by atoms with van der Waals surface area (Å²) in [5, 5.41) is 0. The van der Waals surface area contributed by atoms with Crippen molar-refractivity contribution in [2.24, 2.45) is 11.7 Å². The van der Waals surface area contributed by atoms with Crippen LogP contribution in [0.1, 0.15) is 39.1 Å². The molecule has 0 saturated carbocycles. The Morgan fingerprint density at radius 1 is 1.07 bits per heavy atom. The van der Waals surface area contributed by atoms with Crippen LogP contribution in [0, 0.1) is 5.92 Å². The second-order valence-corrected chi connectivity index (χ2v) is 7.12. The number of rotatable bonds is 5. The summed E-state index contributed by atoms with van der Waals surface area (Å²) in [6.45, 7) is 4.39. The largest absolute Gasteiger partial charge is 0.342 e. The maximum absolute atomic E-state index is 13.1. The fraction of sp³-hybridized carbons (Fsp3) is 0.364. The third-order valence-electron chi connectivity index (χ3n) is 5.44.